The Kier molecular flexibility index (Phi) is 5.62. The highest BCUT2D eigenvalue weighted by molar-refractivity contribution is 6.03. The molecule has 132 valence electrons. The minimum Gasteiger partial charge on any atom is -0.495 e. The molecule has 25 heavy (non-hydrogen) atoms. The van der Waals surface area contributed by atoms with Crippen LogP contribution in [0.1, 0.15) is 17.5 Å². The van der Waals surface area contributed by atoms with Crippen molar-refractivity contribution in [3.63, 3.8) is 0 Å². The number of ether oxygens (including phenoxy) is 1. The maximum atomic E-state index is 12.0. The summed E-state index contributed by atoms with van der Waals surface area (Å²) in [4.78, 5) is 34.6. The Morgan fingerprint density at radius 3 is 2.56 bits per heavy atom. The molecule has 0 aliphatic carbocycles. The van der Waals surface area contributed by atoms with Crippen LogP contribution in [0.5, 0.6) is 5.75 Å². The molecule has 0 bridgehead atoms. The fourth-order valence-electron chi connectivity index (χ4n) is 1.90. The lowest BCUT2D eigenvalue weighted by molar-refractivity contribution is -0.138. The van der Waals surface area contributed by atoms with Gasteiger partial charge in [-0.3, -0.25) is 9.59 Å². The van der Waals surface area contributed by atoms with Crippen LogP contribution in [0.3, 0.4) is 0 Å². The molecule has 0 aliphatic heterocycles. The Hall–Kier alpha value is -3.49. The summed E-state index contributed by atoms with van der Waals surface area (Å²) in [5, 5.41) is 16.2. The zero-order valence-corrected chi connectivity index (χ0v) is 13.5. The van der Waals surface area contributed by atoms with Crippen LogP contribution < -0.4 is 20.7 Å². The molecule has 4 N–H and O–H groups in total. The first kappa shape index (κ1) is 17.9. The number of urea groups is 1. The van der Waals surface area contributed by atoms with Crippen molar-refractivity contribution in [2.75, 3.05) is 17.7 Å². The van der Waals surface area contributed by atoms with Crippen molar-refractivity contribution in [3.05, 3.63) is 42.4 Å². The zero-order chi connectivity index (χ0) is 18.4. The monoisotopic (exact) mass is 347 g/mol. The van der Waals surface area contributed by atoms with Crippen LogP contribution in [0.4, 0.5) is 16.2 Å². The minimum atomic E-state index is -1.17. The number of anilines is 2. The molecule has 0 fully saturated rings. The van der Waals surface area contributed by atoms with Gasteiger partial charge in [0.25, 0.3) is 5.91 Å². The second-order valence-corrected chi connectivity index (χ2v) is 5.00. The van der Waals surface area contributed by atoms with E-state index >= 15 is 0 Å². The second kappa shape index (κ2) is 7.86. The maximum absolute atomic E-state index is 12.0. The van der Waals surface area contributed by atoms with Crippen molar-refractivity contribution >= 4 is 29.3 Å². The molecule has 0 saturated carbocycles. The van der Waals surface area contributed by atoms with Crippen molar-refractivity contribution < 1.29 is 28.6 Å². The van der Waals surface area contributed by atoms with Gasteiger partial charge in [-0.05, 0) is 37.3 Å². The molecule has 0 spiro atoms. The van der Waals surface area contributed by atoms with Gasteiger partial charge in [-0.2, -0.15) is 0 Å². The molecule has 9 heteroatoms. The standard InChI is InChI=1S/C16H17N3O6/c1-9(15(21)22)17-16(23)19-11-8-10(5-6-12(11)24-2)18-14(20)13-4-3-7-25-13/h3-9H,1-2H3,(H,18,20)(H,21,22)(H2,17,19,23). The van der Waals surface area contributed by atoms with Crippen LogP contribution in [-0.2, 0) is 4.79 Å². The number of hydrogen-bond donors (Lipinski definition) is 4. The molecule has 9 nitrogen and oxygen atoms in total. The molecule has 1 heterocycles. The Morgan fingerprint density at radius 2 is 1.96 bits per heavy atom. The molecular formula is C16H17N3O6. The summed E-state index contributed by atoms with van der Waals surface area (Å²) in [6.45, 7) is 1.33. The van der Waals surface area contributed by atoms with Gasteiger partial charge in [0.2, 0.25) is 0 Å². The highest BCUT2D eigenvalue weighted by Crippen LogP contribution is 2.28. The number of methoxy groups -OCH3 is 1. The van der Waals surface area contributed by atoms with E-state index in [0.29, 0.717) is 11.4 Å². The van der Waals surface area contributed by atoms with Crippen LogP contribution in [0, 0.1) is 0 Å². The van der Waals surface area contributed by atoms with Crippen LogP contribution in [0.25, 0.3) is 0 Å². The van der Waals surface area contributed by atoms with Gasteiger partial charge in [0.05, 0.1) is 19.1 Å². The fraction of sp³-hybridized carbons (Fsp3) is 0.188. The predicted octanol–water partition coefficient (Wildman–Crippen LogP) is 2.14. The highest BCUT2D eigenvalue weighted by Gasteiger charge is 2.16. The van der Waals surface area contributed by atoms with Crippen molar-refractivity contribution in [2.24, 2.45) is 0 Å². The molecular weight excluding hydrogens is 330 g/mol. The third-order valence-electron chi connectivity index (χ3n) is 3.17. The molecule has 3 amide bonds. The van der Waals surface area contributed by atoms with E-state index < -0.39 is 23.9 Å². The number of amides is 3. The van der Waals surface area contributed by atoms with Gasteiger partial charge in [-0.1, -0.05) is 0 Å². The lowest BCUT2D eigenvalue weighted by Gasteiger charge is -2.14. The summed E-state index contributed by atoms with van der Waals surface area (Å²) in [5.74, 6) is -1.14. The molecule has 1 unspecified atom stereocenters. The van der Waals surface area contributed by atoms with E-state index in [1.54, 1.807) is 18.2 Å². The first-order chi connectivity index (χ1) is 11.9. The number of furan rings is 1. The lowest BCUT2D eigenvalue weighted by atomic mass is 10.2. The smallest absolute Gasteiger partial charge is 0.325 e. The SMILES string of the molecule is COc1ccc(NC(=O)c2ccco2)cc1NC(=O)NC(C)C(=O)O. The van der Waals surface area contributed by atoms with Gasteiger partial charge in [0, 0.05) is 5.69 Å². The summed E-state index contributed by atoms with van der Waals surface area (Å²) in [6, 6.07) is 5.93. The van der Waals surface area contributed by atoms with Crippen LogP contribution in [-0.4, -0.2) is 36.2 Å². The number of carbonyl (C=O) groups excluding carboxylic acids is 2. The molecule has 1 aromatic carbocycles. The number of aliphatic carboxylic acids is 1. The minimum absolute atomic E-state index is 0.137. The first-order valence-electron chi connectivity index (χ1n) is 7.24. The summed E-state index contributed by atoms with van der Waals surface area (Å²) in [6.07, 6.45) is 1.38. The van der Waals surface area contributed by atoms with E-state index in [4.69, 9.17) is 14.3 Å². The van der Waals surface area contributed by atoms with Gasteiger partial charge in [-0.15, -0.1) is 0 Å². The molecule has 0 radical (unpaired) electrons. The summed E-state index contributed by atoms with van der Waals surface area (Å²) in [5.41, 5.74) is 0.651. The number of nitrogens with one attached hydrogen (secondary N) is 3. The van der Waals surface area contributed by atoms with Crippen molar-refractivity contribution in [3.8, 4) is 5.75 Å². The van der Waals surface area contributed by atoms with E-state index in [2.05, 4.69) is 16.0 Å². The van der Waals surface area contributed by atoms with Crippen LogP contribution in [0.15, 0.2) is 41.0 Å². The average Bonchev–Trinajstić information content (AvgIpc) is 3.09. The third-order valence-corrected chi connectivity index (χ3v) is 3.17. The largest absolute Gasteiger partial charge is 0.495 e. The van der Waals surface area contributed by atoms with Gasteiger partial charge in [0.1, 0.15) is 11.8 Å². The third kappa shape index (κ3) is 4.74. The number of hydrogen-bond acceptors (Lipinski definition) is 5. The fourth-order valence-corrected chi connectivity index (χ4v) is 1.90. The van der Waals surface area contributed by atoms with E-state index in [0.717, 1.165) is 0 Å². The summed E-state index contributed by atoms with van der Waals surface area (Å²) >= 11 is 0. The highest BCUT2D eigenvalue weighted by atomic mass is 16.5. The first-order valence-corrected chi connectivity index (χ1v) is 7.24. The summed E-state index contributed by atoms with van der Waals surface area (Å²) in [7, 11) is 1.42. The van der Waals surface area contributed by atoms with Crippen molar-refractivity contribution in [1.29, 1.82) is 0 Å². The van der Waals surface area contributed by atoms with E-state index in [-0.39, 0.29) is 11.4 Å². The Morgan fingerprint density at radius 1 is 1.20 bits per heavy atom. The van der Waals surface area contributed by atoms with Gasteiger partial charge in [0.15, 0.2) is 5.76 Å². The number of carboxylic acids is 1. The van der Waals surface area contributed by atoms with E-state index in [1.165, 1.54) is 32.4 Å². The normalized spacial score (nSPS) is 11.3. The molecule has 0 saturated heterocycles. The Bertz CT molecular complexity index is 772. The average molecular weight is 347 g/mol. The quantitative estimate of drug-likeness (QED) is 0.633. The van der Waals surface area contributed by atoms with Crippen molar-refractivity contribution in [2.45, 2.75) is 13.0 Å². The van der Waals surface area contributed by atoms with Crippen LogP contribution >= 0.6 is 0 Å². The van der Waals surface area contributed by atoms with Gasteiger partial charge in [-0.25, -0.2) is 4.79 Å². The van der Waals surface area contributed by atoms with Gasteiger partial charge < -0.3 is 30.2 Å². The maximum Gasteiger partial charge on any atom is 0.325 e. The van der Waals surface area contributed by atoms with Crippen molar-refractivity contribution in [1.82, 2.24) is 5.32 Å². The van der Waals surface area contributed by atoms with Gasteiger partial charge >= 0.3 is 12.0 Å². The molecule has 1 aromatic heterocycles. The molecule has 0 aliphatic rings. The number of benzene rings is 1. The topological polar surface area (TPSA) is 130 Å². The Labute approximate surface area is 143 Å². The van der Waals surface area contributed by atoms with Crippen LogP contribution in [0.2, 0.25) is 0 Å². The number of carboxylic acid groups (broad SMARTS) is 1. The predicted molar refractivity (Wildman–Crippen MR) is 88.9 cm³/mol. The number of rotatable bonds is 6. The van der Waals surface area contributed by atoms with E-state index in [9.17, 15) is 14.4 Å². The Balaban J connectivity index is 2.12. The van der Waals surface area contributed by atoms with E-state index in [1.807, 2.05) is 0 Å². The summed E-state index contributed by atoms with van der Waals surface area (Å²) < 4.78 is 10.1. The molecule has 2 aromatic rings. The molecule has 1 atom stereocenters. The lowest BCUT2D eigenvalue weighted by Crippen LogP contribution is -2.40. The second-order valence-electron chi connectivity index (χ2n) is 5.00. The molecule has 2 rings (SSSR count). The number of carbonyl (C=O) groups is 3. The zero-order valence-electron chi connectivity index (χ0n) is 13.5.